The first-order chi connectivity index (χ1) is 8.87. The minimum atomic E-state index is 0.0405. The molecule has 3 heteroatoms. The summed E-state index contributed by atoms with van der Waals surface area (Å²) in [5.41, 5.74) is 6.58. The Hall–Kier alpha value is -0.570. The van der Waals surface area contributed by atoms with E-state index in [-0.39, 0.29) is 17.9 Å². The van der Waals surface area contributed by atoms with Crippen LogP contribution in [0.5, 0.6) is 0 Å². The van der Waals surface area contributed by atoms with Gasteiger partial charge in [-0.1, -0.05) is 20.8 Å². The van der Waals surface area contributed by atoms with E-state index in [2.05, 4.69) is 26.1 Å². The molecule has 0 spiro atoms. The lowest BCUT2D eigenvalue weighted by Gasteiger charge is -2.37. The van der Waals surface area contributed by atoms with Crippen LogP contribution in [0.1, 0.15) is 65.7 Å². The number of hydrogen-bond acceptors (Lipinski definition) is 2. The maximum atomic E-state index is 12.4. The van der Waals surface area contributed by atoms with Crippen LogP contribution in [0, 0.1) is 17.3 Å². The summed E-state index contributed by atoms with van der Waals surface area (Å²) in [4.78, 5) is 12.4. The highest BCUT2D eigenvalue weighted by Crippen LogP contribution is 2.35. The van der Waals surface area contributed by atoms with Crippen molar-refractivity contribution in [3.8, 4) is 0 Å². The predicted octanol–water partition coefficient (Wildman–Crippen LogP) is 2.83. The fourth-order valence-corrected chi connectivity index (χ4v) is 3.56. The Bertz CT molecular complexity index is 317. The molecule has 3 N–H and O–H groups in total. The van der Waals surface area contributed by atoms with Gasteiger partial charge in [0.2, 0.25) is 5.91 Å². The summed E-state index contributed by atoms with van der Waals surface area (Å²) in [5.74, 6) is 0.892. The van der Waals surface area contributed by atoms with Crippen LogP contribution in [0.25, 0.3) is 0 Å². The van der Waals surface area contributed by atoms with Crippen molar-refractivity contribution in [1.82, 2.24) is 5.32 Å². The van der Waals surface area contributed by atoms with Crippen molar-refractivity contribution in [2.24, 2.45) is 23.0 Å². The van der Waals surface area contributed by atoms with Gasteiger partial charge in [0.05, 0.1) is 5.92 Å². The Balaban J connectivity index is 1.84. The smallest absolute Gasteiger partial charge is 0.224 e. The van der Waals surface area contributed by atoms with E-state index < -0.39 is 0 Å². The highest BCUT2D eigenvalue weighted by atomic mass is 16.2. The zero-order valence-corrected chi connectivity index (χ0v) is 12.7. The fraction of sp³-hybridized carbons (Fsp3) is 0.938. The minimum absolute atomic E-state index is 0.0405. The van der Waals surface area contributed by atoms with Crippen molar-refractivity contribution in [3.63, 3.8) is 0 Å². The van der Waals surface area contributed by atoms with E-state index in [1.54, 1.807) is 0 Å². The topological polar surface area (TPSA) is 55.1 Å². The molecular formula is C16H30N2O. The Labute approximate surface area is 117 Å². The maximum absolute atomic E-state index is 12.4. The summed E-state index contributed by atoms with van der Waals surface area (Å²) in [6, 6.07) is 0.446. The van der Waals surface area contributed by atoms with Gasteiger partial charge >= 0.3 is 0 Å². The van der Waals surface area contributed by atoms with Crippen molar-refractivity contribution in [2.45, 2.75) is 77.8 Å². The van der Waals surface area contributed by atoms with Gasteiger partial charge in [-0.05, 0) is 56.3 Å². The van der Waals surface area contributed by atoms with E-state index in [0.717, 1.165) is 25.7 Å². The normalized spacial score (nSPS) is 35.9. The Morgan fingerprint density at radius 3 is 2.42 bits per heavy atom. The SMILES string of the molecule is CC1CCC(N)C(C(=O)NC2CCC(C)(C)CC2)C1. The molecule has 0 aromatic rings. The number of carbonyl (C=O) groups is 1. The standard InChI is InChI=1S/C16H30N2O/c1-11-4-5-14(17)13(10-11)15(19)18-12-6-8-16(2,3)9-7-12/h11-14H,4-10,17H2,1-3H3,(H,18,19). The summed E-state index contributed by atoms with van der Waals surface area (Å²) in [7, 11) is 0. The first-order valence-corrected chi connectivity index (χ1v) is 7.93. The number of hydrogen-bond donors (Lipinski definition) is 2. The molecule has 0 aromatic carbocycles. The largest absolute Gasteiger partial charge is 0.353 e. The third-order valence-corrected chi connectivity index (χ3v) is 5.19. The summed E-state index contributed by atoms with van der Waals surface area (Å²) in [6.45, 7) is 6.88. The van der Waals surface area contributed by atoms with Crippen LogP contribution in [0.3, 0.4) is 0 Å². The van der Waals surface area contributed by atoms with Gasteiger partial charge in [0.15, 0.2) is 0 Å². The van der Waals surface area contributed by atoms with Gasteiger partial charge in [-0.3, -0.25) is 4.79 Å². The molecule has 2 rings (SSSR count). The van der Waals surface area contributed by atoms with Gasteiger partial charge in [0, 0.05) is 12.1 Å². The zero-order valence-electron chi connectivity index (χ0n) is 12.7. The van der Waals surface area contributed by atoms with Crippen molar-refractivity contribution in [1.29, 1.82) is 0 Å². The highest BCUT2D eigenvalue weighted by Gasteiger charge is 2.34. The lowest BCUT2D eigenvalue weighted by atomic mass is 9.75. The molecule has 0 heterocycles. The molecule has 0 saturated heterocycles. The molecule has 2 aliphatic carbocycles. The number of nitrogens with one attached hydrogen (secondary N) is 1. The Morgan fingerprint density at radius 2 is 1.79 bits per heavy atom. The predicted molar refractivity (Wildman–Crippen MR) is 78.7 cm³/mol. The lowest BCUT2D eigenvalue weighted by Crippen LogP contribution is -2.49. The van der Waals surface area contributed by atoms with Crippen LogP contribution in [-0.2, 0) is 4.79 Å². The molecular weight excluding hydrogens is 236 g/mol. The van der Waals surface area contributed by atoms with Gasteiger partial charge in [0.1, 0.15) is 0 Å². The molecule has 2 aliphatic rings. The molecule has 2 saturated carbocycles. The lowest BCUT2D eigenvalue weighted by molar-refractivity contribution is -0.128. The van der Waals surface area contributed by atoms with E-state index in [4.69, 9.17) is 5.73 Å². The van der Waals surface area contributed by atoms with Crippen molar-refractivity contribution < 1.29 is 4.79 Å². The van der Waals surface area contributed by atoms with Crippen LogP contribution in [0.4, 0.5) is 0 Å². The number of nitrogens with two attached hydrogens (primary N) is 1. The van der Waals surface area contributed by atoms with Gasteiger partial charge in [-0.15, -0.1) is 0 Å². The number of rotatable bonds is 2. The first-order valence-electron chi connectivity index (χ1n) is 7.93. The quantitative estimate of drug-likeness (QED) is 0.807. The van der Waals surface area contributed by atoms with Crippen LogP contribution >= 0.6 is 0 Å². The van der Waals surface area contributed by atoms with Crippen molar-refractivity contribution in [2.75, 3.05) is 0 Å². The molecule has 3 unspecified atom stereocenters. The Morgan fingerprint density at radius 1 is 1.16 bits per heavy atom. The van der Waals surface area contributed by atoms with Crippen LogP contribution in [0.15, 0.2) is 0 Å². The van der Waals surface area contributed by atoms with Gasteiger partial charge in [0.25, 0.3) is 0 Å². The second kappa shape index (κ2) is 5.82. The zero-order chi connectivity index (χ0) is 14.0. The molecule has 0 aromatic heterocycles. The van der Waals surface area contributed by atoms with Crippen molar-refractivity contribution in [3.05, 3.63) is 0 Å². The van der Waals surface area contributed by atoms with Crippen molar-refractivity contribution >= 4 is 5.91 Å². The third kappa shape index (κ3) is 3.95. The first kappa shape index (κ1) is 14.8. The summed E-state index contributed by atoms with van der Waals surface area (Å²) >= 11 is 0. The van der Waals surface area contributed by atoms with Crippen LogP contribution < -0.4 is 11.1 Å². The average molecular weight is 266 g/mol. The van der Waals surface area contributed by atoms with E-state index in [0.29, 0.717) is 17.4 Å². The molecule has 110 valence electrons. The molecule has 0 aliphatic heterocycles. The van der Waals surface area contributed by atoms with Crippen LogP contribution in [0.2, 0.25) is 0 Å². The van der Waals surface area contributed by atoms with E-state index in [9.17, 15) is 4.79 Å². The average Bonchev–Trinajstić information content (AvgIpc) is 2.35. The van der Waals surface area contributed by atoms with Gasteiger partial charge in [-0.2, -0.15) is 0 Å². The van der Waals surface area contributed by atoms with E-state index in [1.807, 2.05) is 0 Å². The third-order valence-electron chi connectivity index (χ3n) is 5.19. The molecule has 3 atom stereocenters. The molecule has 19 heavy (non-hydrogen) atoms. The summed E-state index contributed by atoms with van der Waals surface area (Å²) < 4.78 is 0. The van der Waals surface area contributed by atoms with Gasteiger partial charge in [-0.25, -0.2) is 0 Å². The molecule has 0 bridgehead atoms. The molecule has 2 fully saturated rings. The highest BCUT2D eigenvalue weighted by molar-refractivity contribution is 5.79. The Kier molecular flexibility index (Phi) is 4.54. The monoisotopic (exact) mass is 266 g/mol. The number of carbonyl (C=O) groups excluding carboxylic acids is 1. The summed E-state index contributed by atoms with van der Waals surface area (Å²) in [5, 5.41) is 3.26. The fourth-order valence-electron chi connectivity index (χ4n) is 3.56. The summed E-state index contributed by atoms with van der Waals surface area (Å²) in [6.07, 6.45) is 7.80. The van der Waals surface area contributed by atoms with Crippen LogP contribution in [-0.4, -0.2) is 18.0 Å². The molecule has 3 nitrogen and oxygen atoms in total. The van der Waals surface area contributed by atoms with E-state index in [1.165, 1.54) is 19.3 Å². The second-order valence-electron chi connectivity index (χ2n) is 7.64. The second-order valence-corrected chi connectivity index (χ2v) is 7.64. The minimum Gasteiger partial charge on any atom is -0.353 e. The maximum Gasteiger partial charge on any atom is 0.224 e. The van der Waals surface area contributed by atoms with Gasteiger partial charge < -0.3 is 11.1 Å². The number of amides is 1. The molecule has 0 radical (unpaired) electrons. The van der Waals surface area contributed by atoms with E-state index >= 15 is 0 Å². The molecule has 1 amide bonds.